The second-order valence-electron chi connectivity index (χ2n) is 5.21. The number of hydrogen-bond acceptors (Lipinski definition) is 3. The van der Waals surface area contributed by atoms with Gasteiger partial charge in [0.25, 0.3) is 0 Å². The molecule has 0 fully saturated rings. The van der Waals surface area contributed by atoms with Gasteiger partial charge in [-0.05, 0) is 43.0 Å². The van der Waals surface area contributed by atoms with E-state index in [1.54, 1.807) is 7.11 Å². The molecule has 0 saturated carbocycles. The molecule has 1 atom stereocenters. The summed E-state index contributed by atoms with van der Waals surface area (Å²) in [4.78, 5) is 0. The van der Waals surface area contributed by atoms with E-state index in [0.29, 0.717) is 0 Å². The Kier molecular flexibility index (Phi) is 4.14. The van der Waals surface area contributed by atoms with Crippen molar-refractivity contribution in [3.63, 3.8) is 0 Å². The van der Waals surface area contributed by atoms with Gasteiger partial charge in [0.05, 0.1) is 18.8 Å². The minimum atomic E-state index is -0.150. The maximum absolute atomic E-state index is 6.47. The summed E-state index contributed by atoms with van der Waals surface area (Å²) in [5.41, 5.74) is 12.0. The number of hydrogen-bond donors (Lipinski definition) is 1. The van der Waals surface area contributed by atoms with Crippen molar-refractivity contribution in [1.29, 1.82) is 0 Å². The minimum absolute atomic E-state index is 0.150. The van der Waals surface area contributed by atoms with E-state index in [9.17, 15) is 0 Å². The molecule has 2 N–H and O–H groups in total. The molecule has 4 nitrogen and oxygen atoms in total. The van der Waals surface area contributed by atoms with E-state index in [-0.39, 0.29) is 6.04 Å². The van der Waals surface area contributed by atoms with Crippen LogP contribution in [0.2, 0.25) is 0 Å². The van der Waals surface area contributed by atoms with E-state index >= 15 is 0 Å². The van der Waals surface area contributed by atoms with Crippen molar-refractivity contribution >= 4 is 0 Å². The molecule has 1 heterocycles. The molecule has 0 bridgehead atoms. The molecule has 0 aliphatic rings. The fourth-order valence-corrected chi connectivity index (χ4v) is 2.62. The van der Waals surface area contributed by atoms with E-state index in [4.69, 9.17) is 10.5 Å². The molecule has 0 amide bonds. The van der Waals surface area contributed by atoms with Crippen LogP contribution in [0.5, 0.6) is 5.75 Å². The van der Waals surface area contributed by atoms with Gasteiger partial charge in [-0.1, -0.05) is 13.0 Å². The zero-order valence-corrected chi connectivity index (χ0v) is 12.9. The topological polar surface area (TPSA) is 53.1 Å². The van der Waals surface area contributed by atoms with Gasteiger partial charge in [0.15, 0.2) is 0 Å². The molecular formula is C16H23N3O. The van der Waals surface area contributed by atoms with Gasteiger partial charge >= 0.3 is 0 Å². The minimum Gasteiger partial charge on any atom is -0.496 e. The van der Waals surface area contributed by atoms with Crippen LogP contribution in [0.15, 0.2) is 18.3 Å². The quantitative estimate of drug-likeness (QED) is 0.931. The Bertz CT molecular complexity index is 616. The maximum atomic E-state index is 6.47. The summed E-state index contributed by atoms with van der Waals surface area (Å²) >= 11 is 0. The Labute approximate surface area is 120 Å². The highest BCUT2D eigenvalue weighted by Crippen LogP contribution is 2.30. The van der Waals surface area contributed by atoms with Crippen molar-refractivity contribution in [2.24, 2.45) is 12.8 Å². The van der Waals surface area contributed by atoms with Crippen LogP contribution in [0.1, 0.15) is 40.9 Å². The van der Waals surface area contributed by atoms with Crippen LogP contribution >= 0.6 is 0 Å². The first kappa shape index (κ1) is 14.6. The molecule has 1 aromatic carbocycles. The lowest BCUT2D eigenvalue weighted by molar-refractivity contribution is 0.411. The second-order valence-corrected chi connectivity index (χ2v) is 5.21. The largest absolute Gasteiger partial charge is 0.496 e. The molecule has 0 radical (unpaired) electrons. The molecular weight excluding hydrogens is 250 g/mol. The highest BCUT2D eigenvalue weighted by molar-refractivity contribution is 5.46. The number of aryl methyl sites for hydroxylation is 4. The van der Waals surface area contributed by atoms with Gasteiger partial charge in [0.2, 0.25) is 0 Å². The monoisotopic (exact) mass is 273 g/mol. The Balaban J connectivity index is 2.47. The average molecular weight is 273 g/mol. The van der Waals surface area contributed by atoms with Gasteiger partial charge in [-0.25, -0.2) is 0 Å². The summed E-state index contributed by atoms with van der Waals surface area (Å²) in [7, 11) is 3.62. The number of ether oxygens (including phenoxy) is 1. The van der Waals surface area contributed by atoms with Crippen LogP contribution in [0.3, 0.4) is 0 Å². The van der Waals surface area contributed by atoms with Gasteiger partial charge in [0.1, 0.15) is 5.75 Å². The number of nitrogens with zero attached hydrogens (tertiary/aromatic N) is 2. The van der Waals surface area contributed by atoms with Crippen molar-refractivity contribution < 1.29 is 4.74 Å². The first-order chi connectivity index (χ1) is 9.47. The third kappa shape index (κ3) is 2.56. The lowest BCUT2D eigenvalue weighted by atomic mass is 9.93. The van der Waals surface area contributed by atoms with Crippen LogP contribution in [0.4, 0.5) is 0 Å². The lowest BCUT2D eigenvalue weighted by Gasteiger charge is -2.17. The van der Waals surface area contributed by atoms with Crippen LogP contribution in [0, 0.1) is 13.8 Å². The fraction of sp³-hybridized carbons (Fsp3) is 0.438. The highest BCUT2D eigenvalue weighted by Gasteiger charge is 2.18. The number of methoxy groups -OCH3 is 1. The number of nitrogens with two attached hydrogens (primary N) is 1. The van der Waals surface area contributed by atoms with Gasteiger partial charge in [-0.2, -0.15) is 5.10 Å². The van der Waals surface area contributed by atoms with Crippen LogP contribution in [-0.4, -0.2) is 16.9 Å². The summed E-state index contributed by atoms with van der Waals surface area (Å²) < 4.78 is 7.19. The first-order valence-electron chi connectivity index (χ1n) is 6.91. The van der Waals surface area contributed by atoms with E-state index < -0.39 is 0 Å². The summed E-state index contributed by atoms with van der Waals surface area (Å²) in [5, 5.41) is 4.47. The van der Waals surface area contributed by atoms with Crippen LogP contribution in [-0.2, 0) is 13.5 Å². The standard InChI is InChI=1S/C16H23N3O/c1-6-14-13(9-19(4)18-14)16(17)12-7-11(3)15(20-5)8-10(12)2/h7-9,16H,6,17H2,1-5H3. The molecule has 4 heteroatoms. The predicted octanol–water partition coefficient (Wildman–Crippen LogP) is 2.66. The normalized spacial score (nSPS) is 12.5. The molecule has 1 unspecified atom stereocenters. The SMILES string of the molecule is CCc1nn(C)cc1C(N)c1cc(C)c(OC)cc1C. The third-order valence-electron chi connectivity index (χ3n) is 3.73. The van der Waals surface area contributed by atoms with E-state index in [2.05, 4.69) is 25.0 Å². The molecule has 20 heavy (non-hydrogen) atoms. The van der Waals surface area contributed by atoms with Crippen molar-refractivity contribution in [1.82, 2.24) is 9.78 Å². The molecule has 2 rings (SSSR count). The Morgan fingerprint density at radius 2 is 1.95 bits per heavy atom. The van der Waals surface area contributed by atoms with Crippen molar-refractivity contribution in [3.8, 4) is 5.75 Å². The number of rotatable bonds is 4. The zero-order valence-electron chi connectivity index (χ0n) is 12.9. The van der Waals surface area contributed by atoms with Crippen LogP contribution in [0.25, 0.3) is 0 Å². The Morgan fingerprint density at radius 1 is 1.25 bits per heavy atom. The third-order valence-corrected chi connectivity index (χ3v) is 3.73. The molecule has 0 saturated heterocycles. The zero-order chi connectivity index (χ0) is 14.9. The van der Waals surface area contributed by atoms with Gasteiger partial charge < -0.3 is 10.5 Å². The number of benzene rings is 1. The molecule has 0 aliphatic heterocycles. The molecule has 1 aromatic heterocycles. The van der Waals surface area contributed by atoms with Gasteiger partial charge in [0, 0.05) is 18.8 Å². The van der Waals surface area contributed by atoms with E-state index in [1.807, 2.05) is 30.9 Å². The van der Waals surface area contributed by atoms with E-state index in [1.165, 1.54) is 0 Å². The van der Waals surface area contributed by atoms with Gasteiger partial charge in [-0.3, -0.25) is 4.68 Å². The molecule has 2 aromatic rings. The van der Waals surface area contributed by atoms with Crippen molar-refractivity contribution in [3.05, 3.63) is 46.3 Å². The highest BCUT2D eigenvalue weighted by atomic mass is 16.5. The van der Waals surface area contributed by atoms with Crippen molar-refractivity contribution in [2.45, 2.75) is 33.2 Å². The Hall–Kier alpha value is -1.81. The lowest BCUT2D eigenvalue weighted by Crippen LogP contribution is -2.15. The van der Waals surface area contributed by atoms with Gasteiger partial charge in [-0.15, -0.1) is 0 Å². The van der Waals surface area contributed by atoms with Crippen LogP contribution < -0.4 is 10.5 Å². The maximum Gasteiger partial charge on any atom is 0.122 e. The summed E-state index contributed by atoms with van der Waals surface area (Å²) in [6.45, 7) is 6.21. The first-order valence-corrected chi connectivity index (χ1v) is 6.91. The Morgan fingerprint density at radius 3 is 2.55 bits per heavy atom. The molecule has 0 aliphatic carbocycles. The molecule has 0 spiro atoms. The summed E-state index contributed by atoms with van der Waals surface area (Å²) in [5.74, 6) is 0.903. The predicted molar refractivity (Wildman–Crippen MR) is 81.1 cm³/mol. The smallest absolute Gasteiger partial charge is 0.122 e. The summed E-state index contributed by atoms with van der Waals surface area (Å²) in [6, 6.07) is 4.01. The second kappa shape index (κ2) is 5.67. The molecule has 108 valence electrons. The summed E-state index contributed by atoms with van der Waals surface area (Å²) in [6.07, 6.45) is 2.90. The fourth-order valence-electron chi connectivity index (χ4n) is 2.62. The van der Waals surface area contributed by atoms with Crippen molar-refractivity contribution in [2.75, 3.05) is 7.11 Å². The number of aromatic nitrogens is 2. The average Bonchev–Trinajstić information content (AvgIpc) is 2.81. The van der Waals surface area contributed by atoms with E-state index in [0.717, 1.165) is 40.1 Å².